The summed E-state index contributed by atoms with van der Waals surface area (Å²) in [6.07, 6.45) is 10.3. The second-order valence-corrected chi connectivity index (χ2v) is 5.56. The molecule has 84 valence electrons. The van der Waals surface area contributed by atoms with E-state index in [0.29, 0.717) is 17.9 Å². The molecule has 1 saturated heterocycles. The van der Waals surface area contributed by atoms with Crippen LogP contribution >= 0.6 is 0 Å². The third-order valence-electron chi connectivity index (χ3n) is 4.45. The van der Waals surface area contributed by atoms with E-state index in [-0.39, 0.29) is 0 Å². The van der Waals surface area contributed by atoms with Crippen molar-refractivity contribution in [1.82, 2.24) is 4.90 Å². The van der Waals surface area contributed by atoms with Crippen LogP contribution in [0.4, 0.5) is 0 Å². The SMILES string of the molecule is O=C(C1CC1)N1CCC[C@H]2CCCC[C@H]21. The summed E-state index contributed by atoms with van der Waals surface area (Å²) in [6, 6.07) is 0.626. The molecule has 2 saturated carbocycles. The van der Waals surface area contributed by atoms with Crippen LogP contribution in [0.25, 0.3) is 0 Å². The monoisotopic (exact) mass is 207 g/mol. The Balaban J connectivity index is 1.72. The van der Waals surface area contributed by atoms with Crippen molar-refractivity contribution in [2.45, 2.75) is 57.4 Å². The van der Waals surface area contributed by atoms with Gasteiger partial charge in [0, 0.05) is 18.5 Å². The van der Waals surface area contributed by atoms with E-state index in [0.717, 1.165) is 25.3 Å². The normalized spacial score (nSPS) is 36.1. The van der Waals surface area contributed by atoms with Gasteiger partial charge in [-0.1, -0.05) is 12.8 Å². The van der Waals surface area contributed by atoms with Crippen LogP contribution in [0.5, 0.6) is 0 Å². The molecule has 0 aromatic carbocycles. The molecule has 0 radical (unpaired) electrons. The van der Waals surface area contributed by atoms with E-state index in [4.69, 9.17) is 0 Å². The minimum atomic E-state index is 0.422. The zero-order chi connectivity index (χ0) is 10.3. The number of hydrogen-bond acceptors (Lipinski definition) is 1. The minimum absolute atomic E-state index is 0.422. The lowest BCUT2D eigenvalue weighted by Gasteiger charge is -2.44. The first-order valence-electron chi connectivity index (χ1n) is 6.67. The molecule has 2 atom stereocenters. The molecule has 2 aliphatic carbocycles. The van der Waals surface area contributed by atoms with Gasteiger partial charge >= 0.3 is 0 Å². The van der Waals surface area contributed by atoms with Crippen molar-refractivity contribution in [3.05, 3.63) is 0 Å². The summed E-state index contributed by atoms with van der Waals surface area (Å²) in [6.45, 7) is 1.05. The summed E-state index contributed by atoms with van der Waals surface area (Å²) in [5.74, 6) is 1.76. The number of amides is 1. The van der Waals surface area contributed by atoms with Crippen molar-refractivity contribution in [1.29, 1.82) is 0 Å². The van der Waals surface area contributed by atoms with Crippen LogP contribution < -0.4 is 0 Å². The summed E-state index contributed by atoms with van der Waals surface area (Å²) >= 11 is 0. The molecule has 0 bridgehead atoms. The Morgan fingerprint density at radius 3 is 2.47 bits per heavy atom. The topological polar surface area (TPSA) is 20.3 Å². The number of nitrogens with zero attached hydrogens (tertiary/aromatic N) is 1. The van der Waals surface area contributed by atoms with E-state index in [2.05, 4.69) is 4.90 Å². The molecular formula is C13H21NO. The van der Waals surface area contributed by atoms with Gasteiger partial charge in [-0.15, -0.1) is 0 Å². The highest BCUT2D eigenvalue weighted by Gasteiger charge is 2.40. The molecule has 1 aliphatic heterocycles. The molecule has 3 fully saturated rings. The Kier molecular flexibility index (Phi) is 2.45. The van der Waals surface area contributed by atoms with Crippen molar-refractivity contribution in [3.8, 4) is 0 Å². The van der Waals surface area contributed by atoms with Gasteiger partial charge < -0.3 is 4.90 Å². The number of fused-ring (bicyclic) bond motifs is 1. The summed E-state index contributed by atoms with van der Waals surface area (Å²) in [4.78, 5) is 14.4. The van der Waals surface area contributed by atoms with Gasteiger partial charge in [0.1, 0.15) is 0 Å². The molecule has 0 unspecified atom stereocenters. The van der Waals surface area contributed by atoms with Crippen molar-refractivity contribution < 1.29 is 4.79 Å². The maximum absolute atomic E-state index is 12.1. The first kappa shape index (κ1) is 9.68. The van der Waals surface area contributed by atoms with Gasteiger partial charge in [0.15, 0.2) is 0 Å². The second kappa shape index (κ2) is 3.80. The standard InChI is InChI=1S/C13H21NO/c15-13(11-7-8-11)14-9-3-5-10-4-1-2-6-12(10)14/h10-12H,1-9H2/t10-,12-/m1/s1. The van der Waals surface area contributed by atoms with E-state index < -0.39 is 0 Å². The molecule has 0 aromatic heterocycles. The maximum Gasteiger partial charge on any atom is 0.225 e. The molecule has 3 aliphatic rings. The lowest BCUT2D eigenvalue weighted by molar-refractivity contribution is -0.138. The Morgan fingerprint density at radius 2 is 1.67 bits per heavy atom. The molecule has 2 heteroatoms. The van der Waals surface area contributed by atoms with Gasteiger partial charge in [-0.3, -0.25) is 4.79 Å². The van der Waals surface area contributed by atoms with Crippen LogP contribution in [-0.4, -0.2) is 23.4 Å². The molecular weight excluding hydrogens is 186 g/mol. The fourth-order valence-electron chi connectivity index (χ4n) is 3.46. The van der Waals surface area contributed by atoms with Gasteiger partial charge in [0.25, 0.3) is 0 Å². The van der Waals surface area contributed by atoms with Crippen molar-refractivity contribution >= 4 is 5.91 Å². The summed E-state index contributed by atoms with van der Waals surface area (Å²) in [5.41, 5.74) is 0. The molecule has 1 amide bonds. The van der Waals surface area contributed by atoms with Crippen molar-refractivity contribution in [3.63, 3.8) is 0 Å². The summed E-state index contributed by atoms with van der Waals surface area (Å²) in [7, 11) is 0. The van der Waals surface area contributed by atoms with Crippen LogP contribution in [0.2, 0.25) is 0 Å². The zero-order valence-corrected chi connectivity index (χ0v) is 9.45. The van der Waals surface area contributed by atoms with Crippen LogP contribution in [0.1, 0.15) is 51.4 Å². The maximum atomic E-state index is 12.1. The second-order valence-electron chi connectivity index (χ2n) is 5.56. The molecule has 0 N–H and O–H groups in total. The van der Waals surface area contributed by atoms with Crippen molar-refractivity contribution in [2.24, 2.45) is 11.8 Å². The Hall–Kier alpha value is -0.530. The Labute approximate surface area is 92.0 Å². The number of hydrogen-bond donors (Lipinski definition) is 0. The Morgan fingerprint density at radius 1 is 0.933 bits per heavy atom. The van der Waals surface area contributed by atoms with E-state index >= 15 is 0 Å². The number of carbonyl (C=O) groups is 1. The molecule has 15 heavy (non-hydrogen) atoms. The lowest BCUT2D eigenvalue weighted by atomic mass is 9.78. The van der Waals surface area contributed by atoms with Crippen LogP contribution in [0, 0.1) is 11.8 Å². The van der Waals surface area contributed by atoms with Crippen LogP contribution in [-0.2, 0) is 4.79 Å². The fourth-order valence-corrected chi connectivity index (χ4v) is 3.46. The minimum Gasteiger partial charge on any atom is -0.339 e. The van der Waals surface area contributed by atoms with Crippen LogP contribution in [0.15, 0.2) is 0 Å². The third kappa shape index (κ3) is 1.79. The first-order chi connectivity index (χ1) is 7.36. The average molecular weight is 207 g/mol. The van der Waals surface area contributed by atoms with Gasteiger partial charge in [-0.2, -0.15) is 0 Å². The van der Waals surface area contributed by atoms with Gasteiger partial charge in [0.05, 0.1) is 0 Å². The van der Waals surface area contributed by atoms with E-state index in [1.807, 2.05) is 0 Å². The summed E-state index contributed by atoms with van der Waals surface area (Å²) in [5, 5.41) is 0. The smallest absolute Gasteiger partial charge is 0.225 e. The zero-order valence-electron chi connectivity index (χ0n) is 9.45. The van der Waals surface area contributed by atoms with Gasteiger partial charge in [-0.25, -0.2) is 0 Å². The molecule has 0 aromatic rings. The molecule has 1 heterocycles. The van der Waals surface area contributed by atoms with E-state index in [1.54, 1.807) is 0 Å². The third-order valence-corrected chi connectivity index (χ3v) is 4.45. The van der Waals surface area contributed by atoms with Gasteiger partial charge in [-0.05, 0) is 44.4 Å². The highest BCUT2D eigenvalue weighted by atomic mass is 16.2. The van der Waals surface area contributed by atoms with E-state index in [1.165, 1.54) is 38.5 Å². The molecule has 3 rings (SSSR count). The highest BCUT2D eigenvalue weighted by molar-refractivity contribution is 5.81. The highest BCUT2D eigenvalue weighted by Crippen LogP contribution is 2.39. The number of rotatable bonds is 1. The first-order valence-corrected chi connectivity index (χ1v) is 6.67. The summed E-state index contributed by atoms with van der Waals surface area (Å²) < 4.78 is 0. The average Bonchev–Trinajstić information content (AvgIpc) is 3.11. The predicted molar refractivity (Wildman–Crippen MR) is 59.4 cm³/mol. The largest absolute Gasteiger partial charge is 0.339 e. The number of piperidine rings is 1. The number of likely N-dealkylation sites (tertiary alicyclic amines) is 1. The number of carbonyl (C=O) groups excluding carboxylic acids is 1. The van der Waals surface area contributed by atoms with Crippen molar-refractivity contribution in [2.75, 3.05) is 6.54 Å². The van der Waals surface area contributed by atoms with Gasteiger partial charge in [0.2, 0.25) is 5.91 Å². The molecule has 0 spiro atoms. The predicted octanol–water partition coefficient (Wildman–Crippen LogP) is 2.58. The quantitative estimate of drug-likeness (QED) is 0.647. The van der Waals surface area contributed by atoms with E-state index in [9.17, 15) is 4.79 Å². The van der Waals surface area contributed by atoms with Crippen LogP contribution in [0.3, 0.4) is 0 Å². The lowest BCUT2D eigenvalue weighted by Crippen LogP contribution is -2.50. The molecule has 2 nitrogen and oxygen atoms in total. The fraction of sp³-hybridized carbons (Fsp3) is 0.923. The Bertz CT molecular complexity index is 257.